The summed E-state index contributed by atoms with van der Waals surface area (Å²) in [5.74, 6) is 0.458. The average molecular weight is 438 g/mol. The lowest BCUT2D eigenvalue weighted by molar-refractivity contribution is 0.254. The number of imidazole rings is 1. The fourth-order valence-electron chi connectivity index (χ4n) is 3.93. The molecule has 0 saturated carbocycles. The van der Waals surface area contributed by atoms with Crippen LogP contribution >= 0.6 is 0 Å². The second kappa shape index (κ2) is 7.90. The van der Waals surface area contributed by atoms with Gasteiger partial charge in [0.15, 0.2) is 0 Å². The monoisotopic (exact) mass is 438 g/mol. The van der Waals surface area contributed by atoms with Crippen LogP contribution in [-0.4, -0.2) is 32.2 Å². The third-order valence-corrected chi connectivity index (χ3v) is 5.74. The van der Waals surface area contributed by atoms with E-state index >= 15 is 0 Å². The zero-order chi connectivity index (χ0) is 23.1. The number of amides is 2. The highest BCUT2D eigenvalue weighted by Crippen LogP contribution is 2.30. The second-order valence-electron chi connectivity index (χ2n) is 7.87. The van der Waals surface area contributed by atoms with Crippen molar-refractivity contribution in [2.45, 2.75) is 6.92 Å². The van der Waals surface area contributed by atoms with Crippen LogP contribution in [0.5, 0.6) is 0 Å². The number of anilines is 1. The summed E-state index contributed by atoms with van der Waals surface area (Å²) >= 11 is 0. The second-order valence-corrected chi connectivity index (χ2v) is 7.87. The number of rotatable bonds is 3. The Balaban J connectivity index is 1.69. The normalized spacial score (nSPS) is 11.1. The molecule has 164 valence electrons. The lowest BCUT2D eigenvalue weighted by Gasteiger charge is -2.09. The van der Waals surface area contributed by atoms with Crippen LogP contribution in [0.1, 0.15) is 5.56 Å². The highest BCUT2D eigenvalue weighted by Gasteiger charge is 2.16. The molecule has 2 N–H and O–H groups in total. The van der Waals surface area contributed by atoms with E-state index in [4.69, 9.17) is 0 Å². The first-order valence-electron chi connectivity index (χ1n) is 10.5. The van der Waals surface area contributed by atoms with Gasteiger partial charge in [0.1, 0.15) is 5.82 Å². The maximum atomic E-state index is 13.2. The standard InChI is InChI=1S/C25H22N6O2/c1-15-4-8-18(9-5-15)31-23-19-12-16(17-7-11-22(28-13-17)29-24(32)26-2)6-10-20(19)27-14-21(23)30(3)25(31)33/h4-14H,1-3H3,(H2,26,28,29,32). The van der Waals surface area contributed by atoms with Crippen molar-refractivity contribution in [3.8, 4) is 16.8 Å². The zero-order valence-electron chi connectivity index (χ0n) is 18.5. The lowest BCUT2D eigenvalue weighted by Crippen LogP contribution is -2.24. The summed E-state index contributed by atoms with van der Waals surface area (Å²) < 4.78 is 3.35. The molecule has 0 saturated heterocycles. The molecule has 3 aromatic heterocycles. The number of pyridine rings is 2. The van der Waals surface area contributed by atoms with E-state index in [9.17, 15) is 9.59 Å². The summed E-state index contributed by atoms with van der Waals surface area (Å²) in [6, 6.07) is 17.2. The molecule has 8 nitrogen and oxygen atoms in total. The fourth-order valence-corrected chi connectivity index (χ4v) is 3.93. The molecule has 5 rings (SSSR count). The molecule has 0 aliphatic rings. The number of carbonyl (C=O) groups is 1. The Morgan fingerprint density at radius 2 is 1.70 bits per heavy atom. The molecule has 3 heterocycles. The van der Waals surface area contributed by atoms with E-state index in [0.717, 1.165) is 44.3 Å². The SMILES string of the molecule is CNC(=O)Nc1ccc(-c2ccc3ncc4c(c3c2)n(-c2ccc(C)cc2)c(=O)n4C)cn1. The van der Waals surface area contributed by atoms with Gasteiger partial charge in [-0.1, -0.05) is 23.8 Å². The van der Waals surface area contributed by atoms with E-state index in [1.54, 1.807) is 41.7 Å². The van der Waals surface area contributed by atoms with E-state index in [1.165, 1.54) is 0 Å². The third kappa shape index (κ3) is 3.51. The number of urea groups is 1. The van der Waals surface area contributed by atoms with Gasteiger partial charge in [-0.2, -0.15) is 0 Å². The third-order valence-electron chi connectivity index (χ3n) is 5.74. The van der Waals surface area contributed by atoms with Gasteiger partial charge in [0.05, 0.1) is 28.4 Å². The van der Waals surface area contributed by atoms with Crippen LogP contribution in [0.4, 0.5) is 10.6 Å². The van der Waals surface area contributed by atoms with Crippen molar-refractivity contribution in [3.05, 3.63) is 83.0 Å². The number of benzene rings is 2. The van der Waals surface area contributed by atoms with Gasteiger partial charge < -0.3 is 5.32 Å². The Morgan fingerprint density at radius 3 is 2.39 bits per heavy atom. The highest BCUT2D eigenvalue weighted by atomic mass is 16.2. The summed E-state index contributed by atoms with van der Waals surface area (Å²) in [5, 5.41) is 6.02. The van der Waals surface area contributed by atoms with E-state index in [0.29, 0.717) is 5.82 Å². The molecule has 0 aliphatic carbocycles. The molecule has 0 fully saturated rings. The zero-order valence-corrected chi connectivity index (χ0v) is 18.5. The topological polar surface area (TPSA) is 93.8 Å². The molecule has 2 aromatic carbocycles. The van der Waals surface area contributed by atoms with E-state index < -0.39 is 0 Å². The van der Waals surface area contributed by atoms with Gasteiger partial charge in [0, 0.05) is 31.2 Å². The van der Waals surface area contributed by atoms with Crippen molar-refractivity contribution in [1.29, 1.82) is 0 Å². The number of fused-ring (bicyclic) bond motifs is 3. The minimum Gasteiger partial charge on any atom is -0.341 e. The van der Waals surface area contributed by atoms with Crippen molar-refractivity contribution < 1.29 is 4.79 Å². The number of hydrogen-bond acceptors (Lipinski definition) is 4. The number of nitrogens with one attached hydrogen (secondary N) is 2. The smallest absolute Gasteiger partial charge is 0.333 e. The predicted octanol–water partition coefficient (Wildman–Crippen LogP) is 4.00. The van der Waals surface area contributed by atoms with E-state index in [-0.39, 0.29) is 11.7 Å². The summed E-state index contributed by atoms with van der Waals surface area (Å²) in [6.45, 7) is 2.02. The van der Waals surface area contributed by atoms with Crippen LogP contribution in [-0.2, 0) is 7.05 Å². The van der Waals surface area contributed by atoms with Crippen molar-refractivity contribution in [2.24, 2.45) is 7.05 Å². The van der Waals surface area contributed by atoms with Crippen molar-refractivity contribution >= 4 is 33.8 Å². The summed E-state index contributed by atoms with van der Waals surface area (Å²) in [6.07, 6.45) is 3.45. The molecule has 0 atom stereocenters. The Labute approximate surface area is 189 Å². The van der Waals surface area contributed by atoms with E-state index in [2.05, 4.69) is 20.6 Å². The van der Waals surface area contributed by atoms with Crippen molar-refractivity contribution in [1.82, 2.24) is 24.4 Å². The highest BCUT2D eigenvalue weighted by molar-refractivity contribution is 6.04. The average Bonchev–Trinajstić information content (AvgIpc) is 3.10. The molecule has 0 aliphatic heterocycles. The van der Waals surface area contributed by atoms with Gasteiger partial charge >= 0.3 is 11.7 Å². The Morgan fingerprint density at radius 1 is 0.939 bits per heavy atom. The van der Waals surface area contributed by atoms with Crippen LogP contribution in [0, 0.1) is 6.92 Å². The van der Waals surface area contributed by atoms with Gasteiger partial charge in [0.2, 0.25) is 0 Å². The molecular formula is C25H22N6O2. The first-order chi connectivity index (χ1) is 16.0. The van der Waals surface area contributed by atoms with Crippen molar-refractivity contribution in [2.75, 3.05) is 12.4 Å². The summed E-state index contributed by atoms with van der Waals surface area (Å²) in [7, 11) is 3.31. The summed E-state index contributed by atoms with van der Waals surface area (Å²) in [4.78, 5) is 33.6. The minimum atomic E-state index is -0.326. The fraction of sp³-hybridized carbons (Fsp3) is 0.120. The molecule has 33 heavy (non-hydrogen) atoms. The number of hydrogen-bond donors (Lipinski definition) is 2. The molecule has 8 heteroatoms. The molecule has 0 unspecified atom stereocenters. The van der Waals surface area contributed by atoms with Gasteiger partial charge in [0.25, 0.3) is 0 Å². The molecular weight excluding hydrogens is 416 g/mol. The number of aryl methyl sites for hydroxylation is 2. The van der Waals surface area contributed by atoms with Crippen LogP contribution < -0.4 is 16.3 Å². The number of carbonyl (C=O) groups excluding carboxylic acids is 1. The van der Waals surface area contributed by atoms with Gasteiger partial charge in [-0.15, -0.1) is 0 Å². The van der Waals surface area contributed by atoms with Gasteiger partial charge in [-0.25, -0.2) is 14.6 Å². The molecule has 0 spiro atoms. The minimum absolute atomic E-state index is 0.125. The van der Waals surface area contributed by atoms with Crippen LogP contribution in [0.2, 0.25) is 0 Å². The number of aromatic nitrogens is 4. The van der Waals surface area contributed by atoms with Crippen LogP contribution in [0.25, 0.3) is 38.8 Å². The molecule has 5 aromatic rings. The number of nitrogens with zero attached hydrogens (tertiary/aromatic N) is 4. The predicted molar refractivity (Wildman–Crippen MR) is 130 cm³/mol. The first-order valence-corrected chi connectivity index (χ1v) is 10.5. The molecule has 0 radical (unpaired) electrons. The largest absolute Gasteiger partial charge is 0.341 e. The summed E-state index contributed by atoms with van der Waals surface area (Å²) in [5.41, 5.74) is 5.99. The maximum Gasteiger partial charge on any atom is 0.333 e. The van der Waals surface area contributed by atoms with Crippen LogP contribution in [0.15, 0.2) is 71.8 Å². The quantitative estimate of drug-likeness (QED) is 0.445. The Kier molecular flexibility index (Phi) is 4.90. The van der Waals surface area contributed by atoms with Crippen LogP contribution in [0.3, 0.4) is 0 Å². The lowest BCUT2D eigenvalue weighted by atomic mass is 10.0. The molecule has 0 bridgehead atoms. The molecule has 2 amide bonds. The van der Waals surface area contributed by atoms with E-state index in [1.807, 2.05) is 55.5 Å². The van der Waals surface area contributed by atoms with Gasteiger partial charge in [-0.3, -0.25) is 19.4 Å². The maximum absolute atomic E-state index is 13.2. The van der Waals surface area contributed by atoms with Gasteiger partial charge in [-0.05, 0) is 48.9 Å². The Hall–Kier alpha value is -4.46. The first kappa shape index (κ1) is 20.4. The van der Waals surface area contributed by atoms with Crippen molar-refractivity contribution in [3.63, 3.8) is 0 Å². The Bertz CT molecular complexity index is 1560.